The number of hydrogen-bond donors (Lipinski definition) is 2. The van der Waals surface area contributed by atoms with E-state index < -0.39 is 0 Å². The zero-order valence-corrected chi connectivity index (χ0v) is 17.8. The van der Waals surface area contributed by atoms with Gasteiger partial charge < -0.3 is 20.1 Å². The van der Waals surface area contributed by atoms with Crippen LogP contribution in [0.2, 0.25) is 0 Å². The van der Waals surface area contributed by atoms with Crippen LogP contribution in [-0.4, -0.2) is 25.8 Å². The maximum Gasteiger partial charge on any atom is 0.231 e. The van der Waals surface area contributed by atoms with E-state index in [9.17, 15) is 0 Å². The summed E-state index contributed by atoms with van der Waals surface area (Å²) in [5.41, 5.74) is 2.56. The average molecular weight is 479 g/mol. The van der Waals surface area contributed by atoms with Crippen molar-refractivity contribution in [2.24, 2.45) is 10.9 Å². The van der Waals surface area contributed by atoms with E-state index in [-0.39, 0.29) is 24.0 Å². The Bertz CT molecular complexity index is 782. The highest BCUT2D eigenvalue weighted by atomic mass is 127. The summed E-state index contributed by atoms with van der Waals surface area (Å²) in [7, 11) is 0. The predicted octanol–water partition coefficient (Wildman–Crippen LogP) is 3.89. The van der Waals surface area contributed by atoms with Crippen molar-refractivity contribution in [3.8, 4) is 11.5 Å². The zero-order chi connectivity index (χ0) is 17.8. The third-order valence-electron chi connectivity index (χ3n) is 4.88. The fourth-order valence-corrected chi connectivity index (χ4v) is 3.36. The van der Waals surface area contributed by atoms with Gasteiger partial charge in [-0.2, -0.15) is 0 Å². The molecule has 2 N–H and O–H groups in total. The average Bonchev–Trinajstić information content (AvgIpc) is 3.31. The normalized spacial score (nSPS) is 20.0. The fraction of sp³-hybridized carbons (Fsp3) is 0.381. The molecule has 1 fully saturated rings. The molecule has 144 valence electrons. The Labute approximate surface area is 177 Å². The molecule has 2 atom stereocenters. The summed E-state index contributed by atoms with van der Waals surface area (Å²) in [4.78, 5) is 4.70. The number of benzene rings is 2. The summed E-state index contributed by atoms with van der Waals surface area (Å²) in [5.74, 6) is 3.85. The van der Waals surface area contributed by atoms with Gasteiger partial charge in [-0.15, -0.1) is 24.0 Å². The highest BCUT2D eigenvalue weighted by molar-refractivity contribution is 14.0. The first-order valence-corrected chi connectivity index (χ1v) is 9.29. The highest BCUT2D eigenvalue weighted by Crippen LogP contribution is 2.46. The molecule has 2 unspecified atom stereocenters. The predicted molar refractivity (Wildman–Crippen MR) is 118 cm³/mol. The number of ether oxygens (including phenoxy) is 2. The summed E-state index contributed by atoms with van der Waals surface area (Å²) >= 11 is 0. The highest BCUT2D eigenvalue weighted by Gasteiger charge is 2.37. The largest absolute Gasteiger partial charge is 0.454 e. The van der Waals surface area contributed by atoms with Gasteiger partial charge in [-0.25, -0.2) is 4.99 Å². The summed E-state index contributed by atoms with van der Waals surface area (Å²) in [6.07, 6.45) is 1.25. The van der Waals surface area contributed by atoms with Crippen LogP contribution in [-0.2, 0) is 6.54 Å². The Hall–Kier alpha value is -1.96. The Morgan fingerprint density at radius 3 is 2.70 bits per heavy atom. The first-order valence-electron chi connectivity index (χ1n) is 9.29. The second kappa shape index (κ2) is 9.30. The van der Waals surface area contributed by atoms with Gasteiger partial charge in [0, 0.05) is 13.1 Å². The molecule has 1 aliphatic carbocycles. The molecule has 27 heavy (non-hydrogen) atoms. The van der Waals surface area contributed by atoms with Gasteiger partial charge in [-0.3, -0.25) is 0 Å². The minimum atomic E-state index is 0. The smallest absolute Gasteiger partial charge is 0.231 e. The maximum atomic E-state index is 5.43. The van der Waals surface area contributed by atoms with Gasteiger partial charge in [0.2, 0.25) is 6.79 Å². The Morgan fingerprint density at radius 1 is 1.07 bits per heavy atom. The van der Waals surface area contributed by atoms with Gasteiger partial charge in [0.1, 0.15) is 0 Å². The Balaban J connectivity index is 0.00000210. The lowest BCUT2D eigenvalue weighted by Gasteiger charge is -2.11. The molecule has 1 heterocycles. The van der Waals surface area contributed by atoms with E-state index in [1.54, 1.807) is 0 Å². The van der Waals surface area contributed by atoms with Crippen LogP contribution >= 0.6 is 24.0 Å². The van der Waals surface area contributed by atoms with Gasteiger partial charge in [-0.05, 0) is 48.4 Å². The molecular weight excluding hydrogens is 453 g/mol. The van der Waals surface area contributed by atoms with Crippen molar-refractivity contribution in [1.82, 2.24) is 10.6 Å². The first kappa shape index (κ1) is 19.8. The first-order chi connectivity index (χ1) is 12.8. The van der Waals surface area contributed by atoms with Crippen LogP contribution in [0.4, 0.5) is 0 Å². The Kier molecular flexibility index (Phi) is 6.82. The third kappa shape index (κ3) is 5.06. The van der Waals surface area contributed by atoms with Gasteiger partial charge in [-0.1, -0.05) is 36.4 Å². The lowest BCUT2D eigenvalue weighted by molar-refractivity contribution is 0.174. The molecular formula is C21H26IN3O2. The zero-order valence-electron chi connectivity index (χ0n) is 15.5. The minimum absolute atomic E-state index is 0. The number of fused-ring (bicyclic) bond motifs is 1. The summed E-state index contributed by atoms with van der Waals surface area (Å²) in [6, 6.07) is 16.7. The van der Waals surface area contributed by atoms with E-state index in [0.717, 1.165) is 36.1 Å². The summed E-state index contributed by atoms with van der Waals surface area (Å²) in [5, 5.41) is 6.81. The SMILES string of the molecule is CCNC(=NCc1ccc2c(c1)OCO2)NCC1CC1c1ccccc1.I. The van der Waals surface area contributed by atoms with E-state index >= 15 is 0 Å². The molecule has 0 spiro atoms. The van der Waals surface area contributed by atoms with Crippen molar-refractivity contribution in [1.29, 1.82) is 0 Å². The second-order valence-electron chi connectivity index (χ2n) is 6.78. The number of nitrogens with one attached hydrogen (secondary N) is 2. The molecule has 2 aromatic carbocycles. The van der Waals surface area contributed by atoms with Crippen LogP contribution in [0.3, 0.4) is 0 Å². The number of nitrogens with zero attached hydrogens (tertiary/aromatic N) is 1. The van der Waals surface area contributed by atoms with Crippen molar-refractivity contribution in [2.45, 2.75) is 25.8 Å². The maximum absolute atomic E-state index is 5.43. The second-order valence-corrected chi connectivity index (χ2v) is 6.78. The van der Waals surface area contributed by atoms with Crippen molar-refractivity contribution >= 4 is 29.9 Å². The van der Waals surface area contributed by atoms with Gasteiger partial charge in [0.25, 0.3) is 0 Å². The van der Waals surface area contributed by atoms with Crippen molar-refractivity contribution in [3.05, 3.63) is 59.7 Å². The Morgan fingerprint density at radius 2 is 1.89 bits per heavy atom. The van der Waals surface area contributed by atoms with Crippen LogP contribution in [0.25, 0.3) is 0 Å². The van der Waals surface area contributed by atoms with Gasteiger partial charge in [0.15, 0.2) is 17.5 Å². The van der Waals surface area contributed by atoms with Crippen molar-refractivity contribution in [2.75, 3.05) is 19.9 Å². The molecule has 0 aromatic heterocycles. The summed E-state index contributed by atoms with van der Waals surface area (Å²) < 4.78 is 10.8. The van der Waals surface area contributed by atoms with Crippen molar-refractivity contribution in [3.63, 3.8) is 0 Å². The monoisotopic (exact) mass is 479 g/mol. The van der Waals surface area contributed by atoms with Crippen LogP contribution in [0, 0.1) is 5.92 Å². The number of rotatable bonds is 6. The van der Waals surface area contributed by atoms with Crippen LogP contribution in [0.5, 0.6) is 11.5 Å². The molecule has 0 radical (unpaired) electrons. The number of halogens is 1. The molecule has 2 aromatic rings. The standard InChI is InChI=1S/C21H25N3O2.HI/c1-2-22-21(23-12-15-8-9-19-20(10-15)26-14-25-19)24-13-17-11-18(17)16-6-4-3-5-7-16;/h3-10,17-18H,2,11-14H2,1H3,(H2,22,23,24);1H. The molecule has 1 saturated carbocycles. The summed E-state index contributed by atoms with van der Waals surface area (Å²) in [6.45, 7) is 4.79. The lowest BCUT2D eigenvalue weighted by Crippen LogP contribution is -2.38. The van der Waals surface area contributed by atoms with Gasteiger partial charge >= 0.3 is 0 Å². The van der Waals surface area contributed by atoms with E-state index in [4.69, 9.17) is 14.5 Å². The van der Waals surface area contributed by atoms with Crippen LogP contribution in [0.1, 0.15) is 30.4 Å². The molecule has 0 bridgehead atoms. The van der Waals surface area contributed by atoms with E-state index in [0.29, 0.717) is 25.2 Å². The van der Waals surface area contributed by atoms with E-state index in [2.05, 4.69) is 47.9 Å². The molecule has 0 saturated heterocycles. The minimum Gasteiger partial charge on any atom is -0.454 e. The molecule has 1 aliphatic heterocycles. The van der Waals surface area contributed by atoms with Crippen LogP contribution < -0.4 is 20.1 Å². The molecule has 5 nitrogen and oxygen atoms in total. The van der Waals surface area contributed by atoms with Crippen molar-refractivity contribution < 1.29 is 9.47 Å². The van der Waals surface area contributed by atoms with Crippen LogP contribution in [0.15, 0.2) is 53.5 Å². The molecule has 6 heteroatoms. The topological polar surface area (TPSA) is 54.9 Å². The number of guanidine groups is 1. The molecule has 0 amide bonds. The van der Waals surface area contributed by atoms with E-state index in [1.165, 1.54) is 12.0 Å². The quantitative estimate of drug-likeness (QED) is 0.375. The number of aliphatic imine (C=N–C) groups is 1. The third-order valence-corrected chi connectivity index (χ3v) is 4.88. The molecule has 4 rings (SSSR count). The molecule has 2 aliphatic rings. The lowest BCUT2D eigenvalue weighted by atomic mass is 10.1. The van der Waals surface area contributed by atoms with E-state index in [1.807, 2.05) is 18.2 Å². The van der Waals surface area contributed by atoms with Gasteiger partial charge in [0.05, 0.1) is 6.54 Å². The fourth-order valence-electron chi connectivity index (χ4n) is 3.36. The number of hydrogen-bond acceptors (Lipinski definition) is 3.